The molecule has 0 radical (unpaired) electrons. The second kappa shape index (κ2) is 6.22. The second-order valence-corrected chi connectivity index (χ2v) is 6.42. The molecule has 1 aliphatic rings. The van der Waals surface area contributed by atoms with Crippen LogP contribution in [0.4, 0.5) is 10.1 Å². The molecule has 5 nitrogen and oxygen atoms in total. The topological polar surface area (TPSA) is 79.3 Å². The monoisotopic (exact) mass is 350 g/mol. The number of benzene rings is 2. The summed E-state index contributed by atoms with van der Waals surface area (Å²) >= 11 is 0. The number of anilines is 1. The fourth-order valence-electron chi connectivity index (χ4n) is 3.19. The van der Waals surface area contributed by atoms with Crippen LogP contribution in [0.2, 0.25) is 0 Å². The maximum Gasteiger partial charge on any atom is 0.335 e. The Balaban J connectivity index is 1.50. The van der Waals surface area contributed by atoms with Crippen molar-refractivity contribution in [3.8, 4) is 0 Å². The molecule has 0 bridgehead atoms. The van der Waals surface area contributed by atoms with Crippen molar-refractivity contribution in [2.75, 3.05) is 5.32 Å². The maximum atomic E-state index is 14.0. The van der Waals surface area contributed by atoms with Crippen molar-refractivity contribution in [1.29, 1.82) is 0 Å². The Morgan fingerprint density at radius 2 is 1.96 bits per heavy atom. The summed E-state index contributed by atoms with van der Waals surface area (Å²) in [6.07, 6.45) is 3.93. The fourth-order valence-corrected chi connectivity index (χ4v) is 3.19. The SMILES string of the molecule is O=C(O)c1ccc(F)c([C@@H]2C[C@H]2C(=O)Nc2ccc3cnccc3c2)c1. The summed E-state index contributed by atoms with van der Waals surface area (Å²) < 4.78 is 14.0. The van der Waals surface area contributed by atoms with Crippen molar-refractivity contribution in [2.24, 2.45) is 5.92 Å². The second-order valence-electron chi connectivity index (χ2n) is 6.42. The van der Waals surface area contributed by atoms with Gasteiger partial charge in [0, 0.05) is 29.4 Å². The van der Waals surface area contributed by atoms with E-state index in [0.717, 1.165) is 16.8 Å². The van der Waals surface area contributed by atoms with Crippen LogP contribution in [0, 0.1) is 11.7 Å². The molecule has 1 saturated carbocycles. The molecule has 0 aliphatic heterocycles. The molecule has 130 valence electrons. The van der Waals surface area contributed by atoms with Crippen molar-refractivity contribution in [1.82, 2.24) is 4.98 Å². The van der Waals surface area contributed by atoms with Gasteiger partial charge in [-0.05, 0) is 59.7 Å². The van der Waals surface area contributed by atoms with Crippen molar-refractivity contribution in [3.63, 3.8) is 0 Å². The van der Waals surface area contributed by atoms with E-state index in [0.29, 0.717) is 12.1 Å². The molecular formula is C20H15FN2O3. The highest BCUT2D eigenvalue weighted by Crippen LogP contribution is 2.49. The number of nitrogens with one attached hydrogen (secondary N) is 1. The van der Waals surface area contributed by atoms with Crippen LogP contribution in [-0.2, 0) is 4.79 Å². The number of halogens is 1. The summed E-state index contributed by atoms with van der Waals surface area (Å²) in [6, 6.07) is 11.1. The van der Waals surface area contributed by atoms with Gasteiger partial charge in [-0.15, -0.1) is 0 Å². The first kappa shape index (κ1) is 16.2. The predicted molar refractivity (Wildman–Crippen MR) is 94.6 cm³/mol. The Labute approximate surface area is 148 Å². The summed E-state index contributed by atoms with van der Waals surface area (Å²) in [5, 5.41) is 13.8. The normalized spacial score (nSPS) is 18.5. The van der Waals surface area contributed by atoms with Crippen LogP contribution in [0.3, 0.4) is 0 Å². The molecule has 2 aromatic carbocycles. The molecule has 1 aromatic heterocycles. The van der Waals surface area contributed by atoms with Crippen molar-refractivity contribution in [3.05, 3.63) is 71.8 Å². The third-order valence-electron chi connectivity index (χ3n) is 4.68. The number of fused-ring (bicyclic) bond motifs is 1. The number of amides is 1. The molecule has 2 N–H and O–H groups in total. The average Bonchev–Trinajstić information content (AvgIpc) is 3.42. The van der Waals surface area contributed by atoms with Gasteiger partial charge in [-0.2, -0.15) is 0 Å². The van der Waals surface area contributed by atoms with Crippen molar-refractivity contribution in [2.45, 2.75) is 12.3 Å². The van der Waals surface area contributed by atoms with Gasteiger partial charge in [0.25, 0.3) is 0 Å². The van der Waals surface area contributed by atoms with Gasteiger partial charge in [-0.25, -0.2) is 9.18 Å². The van der Waals surface area contributed by atoms with Crippen LogP contribution >= 0.6 is 0 Å². The van der Waals surface area contributed by atoms with Crippen LogP contribution in [-0.4, -0.2) is 22.0 Å². The number of carbonyl (C=O) groups excluding carboxylic acids is 1. The predicted octanol–water partition coefficient (Wildman–Crippen LogP) is 3.81. The molecule has 2 atom stereocenters. The molecule has 3 aromatic rings. The van der Waals surface area contributed by atoms with Gasteiger partial charge in [-0.1, -0.05) is 6.07 Å². The number of aromatic nitrogens is 1. The molecule has 4 rings (SSSR count). The molecule has 1 heterocycles. The van der Waals surface area contributed by atoms with Crippen molar-refractivity contribution >= 4 is 28.3 Å². The quantitative estimate of drug-likeness (QED) is 0.750. The van der Waals surface area contributed by atoms with Crippen LogP contribution in [0.15, 0.2) is 54.9 Å². The highest BCUT2D eigenvalue weighted by atomic mass is 19.1. The van der Waals surface area contributed by atoms with Gasteiger partial charge >= 0.3 is 5.97 Å². The Kier molecular flexibility index (Phi) is 3.88. The third-order valence-corrected chi connectivity index (χ3v) is 4.68. The Hall–Kier alpha value is -3.28. The number of carbonyl (C=O) groups is 2. The van der Waals surface area contributed by atoms with E-state index in [4.69, 9.17) is 5.11 Å². The zero-order valence-corrected chi connectivity index (χ0v) is 13.6. The van der Waals surface area contributed by atoms with E-state index in [-0.39, 0.29) is 28.9 Å². The van der Waals surface area contributed by atoms with E-state index in [2.05, 4.69) is 10.3 Å². The van der Waals surface area contributed by atoms with E-state index in [9.17, 15) is 14.0 Å². The number of pyridine rings is 1. The molecule has 1 fully saturated rings. The molecule has 26 heavy (non-hydrogen) atoms. The first-order valence-corrected chi connectivity index (χ1v) is 8.20. The van der Waals surface area contributed by atoms with Crippen molar-refractivity contribution < 1.29 is 19.1 Å². The van der Waals surface area contributed by atoms with Gasteiger partial charge in [0.1, 0.15) is 5.82 Å². The Bertz CT molecular complexity index is 1030. The lowest BCUT2D eigenvalue weighted by atomic mass is 10.0. The molecule has 0 saturated heterocycles. The minimum atomic E-state index is -1.11. The van der Waals surface area contributed by atoms with Crippen LogP contribution in [0.25, 0.3) is 10.8 Å². The van der Waals surface area contributed by atoms with E-state index in [1.807, 2.05) is 18.2 Å². The number of aromatic carboxylic acids is 1. The number of rotatable bonds is 4. The van der Waals surface area contributed by atoms with Crippen LogP contribution in [0.1, 0.15) is 28.3 Å². The zero-order valence-electron chi connectivity index (χ0n) is 13.6. The van der Waals surface area contributed by atoms with Gasteiger partial charge in [0.15, 0.2) is 0 Å². The highest BCUT2D eigenvalue weighted by molar-refractivity contribution is 5.97. The summed E-state index contributed by atoms with van der Waals surface area (Å²) in [5.74, 6) is -2.43. The van der Waals surface area contributed by atoms with E-state index in [1.165, 1.54) is 12.1 Å². The Morgan fingerprint density at radius 1 is 1.12 bits per heavy atom. The minimum Gasteiger partial charge on any atom is -0.478 e. The molecule has 6 heteroatoms. The standard InChI is InChI=1S/C20H15FN2O3/c21-18-4-2-12(20(25)26)8-16(18)15-9-17(15)19(24)23-14-3-1-13-10-22-6-5-11(13)7-14/h1-8,10,15,17H,9H2,(H,23,24)(H,25,26)/t15-,17+/m0/s1. The van der Waals surface area contributed by atoms with Crippen LogP contribution in [0.5, 0.6) is 0 Å². The summed E-state index contributed by atoms with van der Waals surface area (Å²) in [6.45, 7) is 0. The van der Waals surface area contributed by atoms with Gasteiger partial charge in [0.05, 0.1) is 5.56 Å². The first-order valence-electron chi connectivity index (χ1n) is 8.20. The lowest BCUT2D eigenvalue weighted by Gasteiger charge is -2.07. The molecule has 1 aliphatic carbocycles. The van der Waals surface area contributed by atoms with Gasteiger partial charge in [0.2, 0.25) is 5.91 Å². The molecule has 0 unspecified atom stereocenters. The van der Waals surface area contributed by atoms with E-state index >= 15 is 0 Å². The molecular weight excluding hydrogens is 335 g/mol. The Morgan fingerprint density at radius 3 is 2.77 bits per heavy atom. The fraction of sp³-hybridized carbons (Fsp3) is 0.150. The number of hydrogen-bond donors (Lipinski definition) is 2. The first-order chi connectivity index (χ1) is 12.5. The molecule has 1 amide bonds. The smallest absolute Gasteiger partial charge is 0.335 e. The third kappa shape index (κ3) is 3.01. The summed E-state index contributed by atoms with van der Waals surface area (Å²) in [5.41, 5.74) is 0.976. The number of carboxylic acids is 1. The number of hydrogen-bond acceptors (Lipinski definition) is 3. The number of nitrogens with zero attached hydrogens (tertiary/aromatic N) is 1. The lowest BCUT2D eigenvalue weighted by molar-refractivity contribution is -0.117. The highest BCUT2D eigenvalue weighted by Gasteiger charge is 2.45. The van der Waals surface area contributed by atoms with E-state index < -0.39 is 11.8 Å². The minimum absolute atomic E-state index is 0.0237. The largest absolute Gasteiger partial charge is 0.478 e. The summed E-state index contributed by atoms with van der Waals surface area (Å²) in [4.78, 5) is 27.6. The van der Waals surface area contributed by atoms with E-state index in [1.54, 1.807) is 18.5 Å². The summed E-state index contributed by atoms with van der Waals surface area (Å²) in [7, 11) is 0. The van der Waals surface area contributed by atoms with Gasteiger partial charge < -0.3 is 10.4 Å². The van der Waals surface area contributed by atoms with Crippen LogP contribution < -0.4 is 5.32 Å². The number of carboxylic acid groups (broad SMARTS) is 1. The zero-order chi connectivity index (χ0) is 18.3. The average molecular weight is 350 g/mol. The lowest BCUT2D eigenvalue weighted by Crippen LogP contribution is -2.14. The van der Waals surface area contributed by atoms with Gasteiger partial charge in [-0.3, -0.25) is 9.78 Å². The molecule has 0 spiro atoms. The maximum absolute atomic E-state index is 14.0.